The van der Waals surface area contributed by atoms with Gasteiger partial charge in [-0.3, -0.25) is 0 Å². The van der Waals surface area contributed by atoms with Crippen molar-refractivity contribution in [3.05, 3.63) is 35.4 Å². The Hall–Kier alpha value is -1.08. The summed E-state index contributed by atoms with van der Waals surface area (Å²) < 4.78 is 30.3. The first-order valence-electron chi connectivity index (χ1n) is 5.55. The third-order valence-electron chi connectivity index (χ3n) is 2.41. The van der Waals surface area contributed by atoms with Gasteiger partial charge in [-0.15, -0.1) is 0 Å². The van der Waals surface area contributed by atoms with Gasteiger partial charge in [-0.2, -0.15) is 0 Å². The Bertz CT molecular complexity index is 376. The fourth-order valence-electron chi connectivity index (χ4n) is 1.48. The summed E-state index contributed by atoms with van der Waals surface area (Å²) >= 11 is 0. The molecule has 2 atom stereocenters. The number of nitrogens with one attached hydrogen (secondary N) is 1. The Morgan fingerprint density at radius 1 is 1.22 bits per heavy atom. The molecule has 0 amide bonds. The van der Waals surface area contributed by atoms with Gasteiger partial charge in [0, 0.05) is 20.2 Å². The Balaban J connectivity index is 2.40. The molecule has 0 aliphatic rings. The molecule has 1 aromatic rings. The van der Waals surface area contributed by atoms with Crippen LogP contribution in [0.2, 0.25) is 0 Å². The minimum absolute atomic E-state index is 0.131. The molecule has 1 rings (SSSR count). The Morgan fingerprint density at radius 2 is 1.94 bits per heavy atom. The Labute approximate surface area is 104 Å². The second-order valence-electron chi connectivity index (χ2n) is 3.96. The zero-order chi connectivity index (χ0) is 13.5. The van der Waals surface area contributed by atoms with Gasteiger partial charge in [0.05, 0.1) is 18.8 Å². The maximum atomic E-state index is 12.9. The summed E-state index contributed by atoms with van der Waals surface area (Å²) in [7, 11) is 1.47. The molecule has 0 fully saturated rings. The number of aliphatic hydroxyl groups is 2. The maximum Gasteiger partial charge on any atom is 0.159 e. The first-order valence-corrected chi connectivity index (χ1v) is 5.55. The number of ether oxygens (including phenoxy) is 1. The summed E-state index contributed by atoms with van der Waals surface area (Å²) in [5.41, 5.74) is 0.280. The molecule has 0 bridgehead atoms. The summed E-state index contributed by atoms with van der Waals surface area (Å²) in [5, 5.41) is 21.9. The smallest absolute Gasteiger partial charge is 0.159 e. The molecule has 0 heterocycles. The third kappa shape index (κ3) is 4.66. The Morgan fingerprint density at radius 3 is 2.56 bits per heavy atom. The highest BCUT2D eigenvalue weighted by Gasteiger charge is 2.11. The largest absolute Gasteiger partial charge is 0.389 e. The monoisotopic (exact) mass is 261 g/mol. The summed E-state index contributed by atoms with van der Waals surface area (Å²) in [6.07, 6.45) is -1.64. The first-order chi connectivity index (χ1) is 8.54. The molecule has 3 N–H and O–H groups in total. The van der Waals surface area contributed by atoms with Crippen molar-refractivity contribution in [3.63, 3.8) is 0 Å². The van der Waals surface area contributed by atoms with Crippen molar-refractivity contribution in [2.45, 2.75) is 12.2 Å². The van der Waals surface area contributed by atoms with E-state index in [-0.39, 0.29) is 25.3 Å². The van der Waals surface area contributed by atoms with Crippen LogP contribution in [0.4, 0.5) is 8.78 Å². The first kappa shape index (κ1) is 15.0. The standard InChI is InChI=1S/C12H17F2NO3/c1-18-7-9(16)5-15-6-12(17)8-2-3-10(13)11(14)4-8/h2-4,9,12,15-17H,5-7H2,1H3. The average Bonchev–Trinajstić information content (AvgIpc) is 2.33. The fourth-order valence-corrected chi connectivity index (χ4v) is 1.48. The van der Waals surface area contributed by atoms with Crippen molar-refractivity contribution in [1.82, 2.24) is 5.32 Å². The summed E-state index contributed by atoms with van der Waals surface area (Å²) in [6.45, 7) is 0.564. The number of rotatable bonds is 7. The van der Waals surface area contributed by atoms with E-state index in [1.165, 1.54) is 13.2 Å². The SMILES string of the molecule is COCC(O)CNCC(O)c1ccc(F)c(F)c1. The molecule has 0 aromatic heterocycles. The predicted molar refractivity (Wildman–Crippen MR) is 62.1 cm³/mol. The minimum Gasteiger partial charge on any atom is -0.389 e. The molecule has 0 radical (unpaired) electrons. The van der Waals surface area contributed by atoms with E-state index >= 15 is 0 Å². The molecular formula is C12H17F2NO3. The van der Waals surface area contributed by atoms with E-state index in [2.05, 4.69) is 5.32 Å². The van der Waals surface area contributed by atoms with Crippen molar-refractivity contribution >= 4 is 0 Å². The lowest BCUT2D eigenvalue weighted by Gasteiger charge is -2.14. The van der Waals surface area contributed by atoms with Crippen LogP contribution < -0.4 is 5.32 Å². The van der Waals surface area contributed by atoms with Gasteiger partial charge >= 0.3 is 0 Å². The van der Waals surface area contributed by atoms with Gasteiger partial charge in [0.15, 0.2) is 11.6 Å². The van der Waals surface area contributed by atoms with Gasteiger partial charge in [-0.05, 0) is 17.7 Å². The number of halogens is 2. The quantitative estimate of drug-likeness (QED) is 0.672. The molecule has 0 spiro atoms. The van der Waals surface area contributed by atoms with Gasteiger partial charge in [-0.25, -0.2) is 8.78 Å². The lowest BCUT2D eigenvalue weighted by molar-refractivity contribution is 0.0616. The van der Waals surface area contributed by atoms with E-state index in [9.17, 15) is 19.0 Å². The normalized spacial score (nSPS) is 14.5. The van der Waals surface area contributed by atoms with Gasteiger partial charge in [0.25, 0.3) is 0 Å². The number of methoxy groups -OCH3 is 1. The van der Waals surface area contributed by atoms with Crippen molar-refractivity contribution in [1.29, 1.82) is 0 Å². The molecule has 0 aliphatic heterocycles. The fraction of sp³-hybridized carbons (Fsp3) is 0.500. The highest BCUT2D eigenvalue weighted by Crippen LogP contribution is 2.15. The average molecular weight is 261 g/mol. The van der Waals surface area contributed by atoms with Gasteiger partial charge in [0.1, 0.15) is 0 Å². The molecule has 2 unspecified atom stereocenters. The number of hydrogen-bond acceptors (Lipinski definition) is 4. The van der Waals surface area contributed by atoms with Crippen LogP contribution >= 0.6 is 0 Å². The molecule has 6 heteroatoms. The minimum atomic E-state index is -0.994. The van der Waals surface area contributed by atoms with Crippen LogP contribution in [0, 0.1) is 11.6 Å². The maximum absolute atomic E-state index is 12.9. The van der Waals surface area contributed by atoms with Crippen LogP contribution in [0.5, 0.6) is 0 Å². The molecule has 0 saturated carbocycles. The van der Waals surface area contributed by atoms with Crippen molar-refractivity contribution < 1.29 is 23.7 Å². The summed E-state index contributed by atoms with van der Waals surface area (Å²) in [5.74, 6) is -1.94. The van der Waals surface area contributed by atoms with Crippen molar-refractivity contribution in [2.24, 2.45) is 0 Å². The zero-order valence-corrected chi connectivity index (χ0v) is 10.1. The Kier molecular flexibility index (Phi) is 6.14. The lowest BCUT2D eigenvalue weighted by Crippen LogP contribution is -2.32. The second-order valence-corrected chi connectivity index (χ2v) is 3.96. The van der Waals surface area contributed by atoms with E-state index in [0.29, 0.717) is 0 Å². The zero-order valence-electron chi connectivity index (χ0n) is 10.1. The summed E-state index contributed by atoms with van der Waals surface area (Å²) in [6, 6.07) is 3.23. The van der Waals surface area contributed by atoms with Crippen molar-refractivity contribution in [3.8, 4) is 0 Å². The highest BCUT2D eigenvalue weighted by atomic mass is 19.2. The highest BCUT2D eigenvalue weighted by molar-refractivity contribution is 5.20. The number of aliphatic hydroxyl groups excluding tert-OH is 2. The van der Waals surface area contributed by atoms with Gasteiger partial charge in [0.2, 0.25) is 0 Å². The van der Waals surface area contributed by atoms with E-state index in [1.54, 1.807) is 0 Å². The predicted octanol–water partition coefficient (Wildman–Crippen LogP) is 0.595. The molecular weight excluding hydrogens is 244 g/mol. The third-order valence-corrected chi connectivity index (χ3v) is 2.41. The van der Waals surface area contributed by atoms with E-state index in [1.807, 2.05) is 0 Å². The van der Waals surface area contributed by atoms with Crippen LogP contribution in [-0.4, -0.2) is 43.1 Å². The number of benzene rings is 1. The molecule has 0 saturated heterocycles. The van der Waals surface area contributed by atoms with Crippen molar-refractivity contribution in [2.75, 3.05) is 26.8 Å². The van der Waals surface area contributed by atoms with E-state index < -0.39 is 23.8 Å². The van der Waals surface area contributed by atoms with E-state index in [4.69, 9.17) is 4.74 Å². The molecule has 102 valence electrons. The van der Waals surface area contributed by atoms with Crippen LogP contribution in [0.15, 0.2) is 18.2 Å². The molecule has 0 aliphatic carbocycles. The van der Waals surface area contributed by atoms with E-state index in [0.717, 1.165) is 12.1 Å². The summed E-state index contributed by atoms with van der Waals surface area (Å²) in [4.78, 5) is 0. The topological polar surface area (TPSA) is 61.7 Å². The number of hydrogen-bond donors (Lipinski definition) is 3. The second kappa shape index (κ2) is 7.38. The van der Waals surface area contributed by atoms with Crippen LogP contribution in [0.25, 0.3) is 0 Å². The molecule has 4 nitrogen and oxygen atoms in total. The van der Waals surface area contributed by atoms with Gasteiger partial charge in [-0.1, -0.05) is 6.07 Å². The molecule has 18 heavy (non-hydrogen) atoms. The van der Waals surface area contributed by atoms with Crippen LogP contribution in [0.1, 0.15) is 11.7 Å². The molecule has 1 aromatic carbocycles. The van der Waals surface area contributed by atoms with Crippen LogP contribution in [-0.2, 0) is 4.74 Å². The lowest BCUT2D eigenvalue weighted by atomic mass is 10.1. The van der Waals surface area contributed by atoms with Crippen LogP contribution in [0.3, 0.4) is 0 Å². The van der Waals surface area contributed by atoms with Gasteiger partial charge < -0.3 is 20.3 Å².